The molecule has 2 atom stereocenters. The molecule has 1 amide bonds. The van der Waals surface area contributed by atoms with Gasteiger partial charge in [-0.15, -0.1) is 0 Å². The first-order chi connectivity index (χ1) is 8.69. The van der Waals surface area contributed by atoms with Crippen LogP contribution in [0, 0.1) is 0 Å². The fourth-order valence-corrected chi connectivity index (χ4v) is 2.16. The van der Waals surface area contributed by atoms with Crippen molar-refractivity contribution in [1.29, 1.82) is 0 Å². The predicted octanol–water partition coefficient (Wildman–Crippen LogP) is 1.62. The van der Waals surface area contributed by atoms with Gasteiger partial charge in [0.05, 0.1) is 7.11 Å². The lowest BCUT2D eigenvalue weighted by Gasteiger charge is -2.17. The van der Waals surface area contributed by atoms with Crippen molar-refractivity contribution >= 4 is 5.91 Å². The first-order valence-electron chi connectivity index (χ1n) is 6.35. The van der Waals surface area contributed by atoms with Crippen LogP contribution in [0.3, 0.4) is 0 Å². The highest BCUT2D eigenvalue weighted by Gasteiger charge is 2.20. The highest BCUT2D eigenvalue weighted by atomic mass is 16.5. The average molecular weight is 248 g/mol. The number of rotatable bonds is 5. The van der Waals surface area contributed by atoms with Gasteiger partial charge in [-0.1, -0.05) is 12.1 Å². The van der Waals surface area contributed by atoms with E-state index in [1.54, 1.807) is 7.11 Å². The zero-order valence-corrected chi connectivity index (χ0v) is 10.9. The number of carbonyl (C=O) groups is 1. The first-order valence-corrected chi connectivity index (χ1v) is 6.35. The molecule has 1 aromatic rings. The van der Waals surface area contributed by atoms with E-state index in [1.807, 2.05) is 12.1 Å². The van der Waals surface area contributed by atoms with Gasteiger partial charge in [-0.05, 0) is 31.0 Å². The summed E-state index contributed by atoms with van der Waals surface area (Å²) in [5.41, 5.74) is 1.22. The van der Waals surface area contributed by atoms with Crippen molar-refractivity contribution in [3.63, 3.8) is 0 Å². The third kappa shape index (κ3) is 3.23. The number of hydrogen-bond donors (Lipinski definition) is 2. The number of carbonyl (C=O) groups excluding carboxylic acids is 1. The second kappa shape index (κ2) is 5.87. The van der Waals surface area contributed by atoms with E-state index in [9.17, 15) is 4.79 Å². The molecule has 0 aromatic heterocycles. The Kier molecular flexibility index (Phi) is 4.20. The Morgan fingerprint density at radius 3 is 2.72 bits per heavy atom. The summed E-state index contributed by atoms with van der Waals surface area (Å²) >= 11 is 0. The van der Waals surface area contributed by atoms with Crippen LogP contribution in [-0.4, -0.2) is 25.6 Å². The van der Waals surface area contributed by atoms with Crippen molar-refractivity contribution in [2.45, 2.75) is 31.8 Å². The molecule has 2 N–H and O–H groups in total. The molecule has 0 spiro atoms. The van der Waals surface area contributed by atoms with E-state index in [0.29, 0.717) is 6.42 Å². The lowest BCUT2D eigenvalue weighted by Crippen LogP contribution is -2.36. The minimum absolute atomic E-state index is 0.166. The minimum Gasteiger partial charge on any atom is -0.497 e. The normalized spacial score (nSPS) is 20.6. The lowest BCUT2D eigenvalue weighted by atomic mass is 10.1. The molecule has 1 heterocycles. The number of hydrogen-bond acceptors (Lipinski definition) is 3. The first kappa shape index (κ1) is 12.9. The fraction of sp³-hybridized carbons (Fsp3) is 0.500. The molecule has 4 heteroatoms. The van der Waals surface area contributed by atoms with Crippen molar-refractivity contribution in [3.05, 3.63) is 29.8 Å². The number of benzene rings is 1. The smallest absolute Gasteiger partial charge is 0.220 e. The number of ether oxygens (including phenoxy) is 1. The van der Waals surface area contributed by atoms with Crippen LogP contribution >= 0.6 is 0 Å². The summed E-state index contributed by atoms with van der Waals surface area (Å²) in [6, 6.07) is 8.59. The molecule has 98 valence electrons. The summed E-state index contributed by atoms with van der Waals surface area (Å²) < 4.78 is 5.13. The second-order valence-corrected chi connectivity index (χ2v) is 4.71. The van der Waals surface area contributed by atoms with Crippen LogP contribution in [0.5, 0.6) is 5.75 Å². The molecule has 2 unspecified atom stereocenters. The molecule has 0 radical (unpaired) electrons. The maximum Gasteiger partial charge on any atom is 0.220 e. The van der Waals surface area contributed by atoms with Gasteiger partial charge in [0.15, 0.2) is 0 Å². The van der Waals surface area contributed by atoms with Crippen molar-refractivity contribution in [2.75, 3.05) is 13.7 Å². The Labute approximate surface area is 108 Å². The molecular formula is C14H20N2O2. The van der Waals surface area contributed by atoms with Gasteiger partial charge in [0.1, 0.15) is 5.75 Å². The third-order valence-electron chi connectivity index (χ3n) is 3.37. The quantitative estimate of drug-likeness (QED) is 0.832. The highest BCUT2D eigenvalue weighted by molar-refractivity contribution is 5.78. The molecule has 4 nitrogen and oxygen atoms in total. The Morgan fingerprint density at radius 2 is 2.17 bits per heavy atom. The molecule has 1 aliphatic rings. The van der Waals surface area contributed by atoms with Crippen LogP contribution in [-0.2, 0) is 4.79 Å². The lowest BCUT2D eigenvalue weighted by molar-refractivity contribution is -0.119. The van der Waals surface area contributed by atoms with Gasteiger partial charge < -0.3 is 15.4 Å². The number of methoxy groups -OCH3 is 1. The monoisotopic (exact) mass is 248 g/mol. The zero-order chi connectivity index (χ0) is 13.0. The summed E-state index contributed by atoms with van der Waals surface area (Å²) in [6.45, 7) is 2.94. The Balaban J connectivity index is 1.83. The predicted molar refractivity (Wildman–Crippen MR) is 70.6 cm³/mol. The van der Waals surface area contributed by atoms with E-state index in [1.165, 1.54) is 5.56 Å². The van der Waals surface area contributed by atoms with Crippen molar-refractivity contribution < 1.29 is 9.53 Å². The molecule has 1 fully saturated rings. The molecule has 1 aliphatic heterocycles. The van der Waals surface area contributed by atoms with Crippen molar-refractivity contribution in [1.82, 2.24) is 10.6 Å². The van der Waals surface area contributed by atoms with E-state index < -0.39 is 0 Å². The Morgan fingerprint density at radius 1 is 1.44 bits per heavy atom. The largest absolute Gasteiger partial charge is 0.497 e. The standard InChI is InChI=1S/C14H20N2O2/c1-10(11-3-6-13(18-2)7-4-11)15-9-12-5-8-14(17)16-12/h3-4,6-7,10,12,15H,5,8-9H2,1-2H3,(H,16,17). The van der Waals surface area contributed by atoms with Gasteiger partial charge in [-0.3, -0.25) is 4.79 Å². The van der Waals surface area contributed by atoms with Gasteiger partial charge in [0.25, 0.3) is 0 Å². The van der Waals surface area contributed by atoms with E-state index >= 15 is 0 Å². The number of amides is 1. The van der Waals surface area contributed by atoms with Crippen LogP contribution in [0.2, 0.25) is 0 Å². The maximum absolute atomic E-state index is 11.1. The topological polar surface area (TPSA) is 50.4 Å². The summed E-state index contributed by atoms with van der Waals surface area (Å²) in [5, 5.41) is 6.40. The molecule has 0 bridgehead atoms. The molecule has 0 aliphatic carbocycles. The van der Waals surface area contributed by atoms with Crippen LogP contribution in [0.25, 0.3) is 0 Å². The molecule has 1 aromatic carbocycles. The van der Waals surface area contributed by atoms with E-state index in [-0.39, 0.29) is 18.0 Å². The van der Waals surface area contributed by atoms with Crippen molar-refractivity contribution in [2.24, 2.45) is 0 Å². The van der Waals surface area contributed by atoms with Crippen LogP contribution in [0.4, 0.5) is 0 Å². The molecule has 2 rings (SSSR count). The minimum atomic E-state index is 0.166. The van der Waals surface area contributed by atoms with Crippen LogP contribution < -0.4 is 15.4 Å². The summed E-state index contributed by atoms with van der Waals surface area (Å²) in [4.78, 5) is 11.1. The average Bonchev–Trinajstić information content (AvgIpc) is 2.82. The highest BCUT2D eigenvalue weighted by Crippen LogP contribution is 2.17. The third-order valence-corrected chi connectivity index (χ3v) is 3.37. The van der Waals surface area contributed by atoms with Crippen molar-refractivity contribution in [3.8, 4) is 5.75 Å². The Bertz CT molecular complexity index is 403. The molecule has 18 heavy (non-hydrogen) atoms. The summed E-state index contributed by atoms with van der Waals surface area (Å²) in [7, 11) is 1.67. The SMILES string of the molecule is COc1ccc(C(C)NCC2CCC(=O)N2)cc1. The summed E-state index contributed by atoms with van der Waals surface area (Å²) in [6.07, 6.45) is 1.59. The van der Waals surface area contributed by atoms with E-state index in [4.69, 9.17) is 4.74 Å². The van der Waals surface area contributed by atoms with Gasteiger partial charge in [0.2, 0.25) is 5.91 Å². The van der Waals surface area contributed by atoms with E-state index in [2.05, 4.69) is 29.7 Å². The van der Waals surface area contributed by atoms with Gasteiger partial charge in [-0.25, -0.2) is 0 Å². The zero-order valence-electron chi connectivity index (χ0n) is 10.9. The summed E-state index contributed by atoms with van der Waals surface area (Å²) in [5.74, 6) is 1.04. The number of nitrogens with one attached hydrogen (secondary N) is 2. The Hall–Kier alpha value is -1.55. The second-order valence-electron chi connectivity index (χ2n) is 4.71. The van der Waals surface area contributed by atoms with Crippen LogP contribution in [0.15, 0.2) is 24.3 Å². The van der Waals surface area contributed by atoms with Crippen LogP contribution in [0.1, 0.15) is 31.4 Å². The fourth-order valence-electron chi connectivity index (χ4n) is 2.16. The molecular weight excluding hydrogens is 228 g/mol. The van der Waals surface area contributed by atoms with Gasteiger partial charge in [0, 0.05) is 25.0 Å². The molecule has 0 saturated carbocycles. The maximum atomic E-state index is 11.1. The van der Waals surface area contributed by atoms with Gasteiger partial charge in [-0.2, -0.15) is 0 Å². The van der Waals surface area contributed by atoms with Gasteiger partial charge >= 0.3 is 0 Å². The van der Waals surface area contributed by atoms with E-state index in [0.717, 1.165) is 18.7 Å². The molecule has 1 saturated heterocycles.